The molecule has 0 bridgehead atoms. The summed E-state index contributed by atoms with van der Waals surface area (Å²) in [7, 11) is 0. The Morgan fingerprint density at radius 1 is 1.20 bits per heavy atom. The van der Waals surface area contributed by atoms with E-state index in [0.717, 1.165) is 17.1 Å². The smallest absolute Gasteiger partial charge is 0.174 e. The molecule has 0 saturated carbocycles. The van der Waals surface area contributed by atoms with Gasteiger partial charge in [-0.25, -0.2) is 4.98 Å². The van der Waals surface area contributed by atoms with Crippen molar-refractivity contribution in [3.63, 3.8) is 0 Å². The van der Waals surface area contributed by atoms with Gasteiger partial charge in [-0.15, -0.1) is 0 Å². The highest BCUT2D eigenvalue weighted by molar-refractivity contribution is 5.73. The van der Waals surface area contributed by atoms with Crippen molar-refractivity contribution < 1.29 is 9.47 Å². The molecule has 0 aliphatic carbocycles. The van der Waals surface area contributed by atoms with Gasteiger partial charge in [0.05, 0.1) is 6.54 Å². The Bertz CT molecular complexity index is 494. The lowest BCUT2D eigenvalue weighted by Gasteiger charge is -2.19. The molecule has 2 aromatic rings. The normalized spacial score (nSPS) is 10.9. The molecular weight excluding hydrogens is 254 g/mol. The zero-order valence-corrected chi connectivity index (χ0v) is 11.9. The molecule has 0 atom stereocenters. The van der Waals surface area contributed by atoms with Gasteiger partial charge >= 0.3 is 0 Å². The Labute approximate surface area is 119 Å². The Morgan fingerprint density at radius 2 is 1.95 bits per heavy atom. The number of hydrogen-bond acceptors (Lipinski definition) is 4. The summed E-state index contributed by atoms with van der Waals surface area (Å²) in [6.45, 7) is 5.78. The highest BCUT2D eigenvalue weighted by Crippen LogP contribution is 2.24. The van der Waals surface area contributed by atoms with Crippen LogP contribution < -0.4 is 5.32 Å². The second kappa shape index (κ2) is 7.67. The number of nitrogens with one attached hydrogen (secondary N) is 2. The lowest BCUT2D eigenvalue weighted by atomic mass is 10.1. The van der Waals surface area contributed by atoms with Crippen LogP contribution in [0.5, 0.6) is 0 Å². The van der Waals surface area contributed by atoms with E-state index >= 15 is 0 Å². The average Bonchev–Trinajstić information content (AvgIpc) is 2.99. The number of rotatable bonds is 8. The summed E-state index contributed by atoms with van der Waals surface area (Å²) < 4.78 is 11.1. The van der Waals surface area contributed by atoms with Crippen molar-refractivity contribution >= 4 is 5.69 Å². The van der Waals surface area contributed by atoms with E-state index in [2.05, 4.69) is 15.3 Å². The number of para-hydroxylation sites is 1. The summed E-state index contributed by atoms with van der Waals surface area (Å²) in [6.07, 6.45) is 3.32. The SMILES string of the molecule is CCOC(CNc1ccccc1-c1ncc[nH]1)OCC. The van der Waals surface area contributed by atoms with Gasteiger partial charge in [-0.2, -0.15) is 0 Å². The van der Waals surface area contributed by atoms with Gasteiger partial charge in [0.2, 0.25) is 0 Å². The largest absolute Gasteiger partial charge is 0.379 e. The first kappa shape index (κ1) is 14.6. The molecule has 5 heteroatoms. The zero-order chi connectivity index (χ0) is 14.2. The number of H-pyrrole nitrogens is 1. The van der Waals surface area contributed by atoms with E-state index in [0.29, 0.717) is 19.8 Å². The Balaban J connectivity index is 2.06. The maximum atomic E-state index is 5.53. The summed E-state index contributed by atoms with van der Waals surface area (Å²) in [5.41, 5.74) is 2.04. The first-order chi connectivity index (χ1) is 9.85. The molecule has 0 unspecified atom stereocenters. The predicted molar refractivity (Wildman–Crippen MR) is 79.6 cm³/mol. The number of imidazole rings is 1. The molecule has 5 nitrogen and oxygen atoms in total. The van der Waals surface area contributed by atoms with Crippen molar-refractivity contribution in [2.75, 3.05) is 25.1 Å². The number of hydrogen-bond donors (Lipinski definition) is 2. The molecule has 1 aromatic carbocycles. The van der Waals surface area contributed by atoms with Crippen LogP contribution in [0.2, 0.25) is 0 Å². The molecule has 20 heavy (non-hydrogen) atoms. The van der Waals surface area contributed by atoms with Crippen molar-refractivity contribution in [2.45, 2.75) is 20.1 Å². The van der Waals surface area contributed by atoms with Gasteiger partial charge in [0, 0.05) is 36.9 Å². The van der Waals surface area contributed by atoms with Crippen LogP contribution in [0, 0.1) is 0 Å². The van der Waals surface area contributed by atoms with E-state index in [9.17, 15) is 0 Å². The molecule has 108 valence electrons. The lowest BCUT2D eigenvalue weighted by molar-refractivity contribution is -0.126. The Hall–Kier alpha value is -1.85. The standard InChI is InChI=1S/C15H21N3O2/c1-3-19-14(20-4-2)11-18-13-8-6-5-7-12(13)15-16-9-10-17-15/h5-10,14,18H,3-4,11H2,1-2H3,(H,16,17). The van der Waals surface area contributed by atoms with Crippen LogP contribution in [-0.2, 0) is 9.47 Å². The molecule has 0 aliphatic heterocycles. The topological polar surface area (TPSA) is 59.2 Å². The van der Waals surface area contributed by atoms with E-state index < -0.39 is 0 Å². The van der Waals surface area contributed by atoms with Crippen molar-refractivity contribution in [3.8, 4) is 11.4 Å². The van der Waals surface area contributed by atoms with Gasteiger partial charge in [-0.05, 0) is 26.0 Å². The fourth-order valence-electron chi connectivity index (χ4n) is 1.99. The van der Waals surface area contributed by atoms with Gasteiger partial charge in [0.1, 0.15) is 5.82 Å². The van der Waals surface area contributed by atoms with Crippen molar-refractivity contribution in [2.24, 2.45) is 0 Å². The molecule has 1 heterocycles. The van der Waals surface area contributed by atoms with Crippen LogP contribution in [0.25, 0.3) is 11.4 Å². The lowest BCUT2D eigenvalue weighted by Crippen LogP contribution is -2.26. The maximum Gasteiger partial charge on any atom is 0.174 e. The molecule has 0 radical (unpaired) electrons. The van der Waals surface area contributed by atoms with E-state index in [1.54, 1.807) is 6.20 Å². The third-order valence-corrected chi connectivity index (χ3v) is 2.84. The molecule has 0 spiro atoms. The molecule has 1 aromatic heterocycles. The van der Waals surface area contributed by atoms with E-state index in [1.165, 1.54) is 0 Å². The third kappa shape index (κ3) is 3.82. The van der Waals surface area contributed by atoms with Crippen molar-refractivity contribution in [1.82, 2.24) is 9.97 Å². The van der Waals surface area contributed by atoms with Crippen LogP contribution in [0.15, 0.2) is 36.7 Å². The Morgan fingerprint density at radius 3 is 2.60 bits per heavy atom. The molecule has 0 saturated heterocycles. The highest BCUT2D eigenvalue weighted by Gasteiger charge is 2.10. The number of aromatic nitrogens is 2. The summed E-state index contributed by atoms with van der Waals surface area (Å²) in [6, 6.07) is 8.03. The first-order valence-electron chi connectivity index (χ1n) is 6.91. The molecule has 0 amide bonds. The molecule has 2 rings (SSSR count). The summed E-state index contributed by atoms with van der Waals surface area (Å²) in [5.74, 6) is 0.845. The monoisotopic (exact) mass is 275 g/mol. The quantitative estimate of drug-likeness (QED) is 0.727. The second-order valence-electron chi connectivity index (χ2n) is 4.20. The van der Waals surface area contributed by atoms with Gasteiger partial charge in [0.15, 0.2) is 6.29 Å². The van der Waals surface area contributed by atoms with Gasteiger partial charge in [-0.1, -0.05) is 12.1 Å². The van der Waals surface area contributed by atoms with Crippen molar-refractivity contribution in [1.29, 1.82) is 0 Å². The van der Waals surface area contributed by atoms with Gasteiger partial charge < -0.3 is 19.8 Å². The fraction of sp³-hybridized carbons (Fsp3) is 0.400. The summed E-state index contributed by atoms with van der Waals surface area (Å²) >= 11 is 0. The molecule has 0 fully saturated rings. The van der Waals surface area contributed by atoms with Crippen LogP contribution in [0.1, 0.15) is 13.8 Å². The van der Waals surface area contributed by atoms with Crippen LogP contribution >= 0.6 is 0 Å². The van der Waals surface area contributed by atoms with Crippen molar-refractivity contribution in [3.05, 3.63) is 36.7 Å². The van der Waals surface area contributed by atoms with Crippen LogP contribution in [-0.4, -0.2) is 36.0 Å². The van der Waals surface area contributed by atoms with E-state index in [1.807, 2.05) is 44.3 Å². The minimum Gasteiger partial charge on any atom is -0.379 e. The number of ether oxygens (including phenoxy) is 2. The van der Waals surface area contributed by atoms with Gasteiger partial charge in [0.25, 0.3) is 0 Å². The zero-order valence-electron chi connectivity index (χ0n) is 11.9. The number of benzene rings is 1. The highest BCUT2D eigenvalue weighted by atomic mass is 16.7. The second-order valence-corrected chi connectivity index (χ2v) is 4.20. The summed E-state index contributed by atoms with van der Waals surface area (Å²) in [4.78, 5) is 7.41. The minimum atomic E-state index is -0.241. The average molecular weight is 275 g/mol. The van der Waals surface area contributed by atoms with E-state index in [4.69, 9.17) is 9.47 Å². The third-order valence-electron chi connectivity index (χ3n) is 2.84. The predicted octanol–water partition coefficient (Wildman–Crippen LogP) is 2.89. The Kier molecular flexibility index (Phi) is 5.58. The molecular formula is C15H21N3O2. The van der Waals surface area contributed by atoms with Gasteiger partial charge in [-0.3, -0.25) is 0 Å². The van der Waals surface area contributed by atoms with Crippen LogP contribution in [0.3, 0.4) is 0 Å². The summed E-state index contributed by atoms with van der Waals surface area (Å²) in [5, 5.41) is 3.36. The molecule has 0 aliphatic rings. The van der Waals surface area contributed by atoms with E-state index in [-0.39, 0.29) is 6.29 Å². The van der Waals surface area contributed by atoms with Crippen LogP contribution in [0.4, 0.5) is 5.69 Å². The maximum absolute atomic E-state index is 5.53. The number of aromatic amines is 1. The number of nitrogens with zero attached hydrogens (tertiary/aromatic N) is 1. The molecule has 2 N–H and O–H groups in total. The number of anilines is 1. The first-order valence-corrected chi connectivity index (χ1v) is 6.91. The fourth-order valence-corrected chi connectivity index (χ4v) is 1.99. The minimum absolute atomic E-state index is 0.241.